The van der Waals surface area contributed by atoms with Crippen molar-refractivity contribution in [1.29, 1.82) is 0 Å². The van der Waals surface area contributed by atoms with Crippen molar-refractivity contribution in [3.8, 4) is 0 Å². The molecule has 0 bridgehead atoms. The summed E-state index contributed by atoms with van der Waals surface area (Å²) in [4.78, 5) is 21.7. The van der Waals surface area contributed by atoms with Gasteiger partial charge >= 0.3 is 0 Å². The Labute approximate surface area is 184 Å². The molecule has 0 unspecified atom stereocenters. The van der Waals surface area contributed by atoms with Gasteiger partial charge in [-0.1, -0.05) is 18.2 Å². The Balaban J connectivity index is 1.22. The highest BCUT2D eigenvalue weighted by molar-refractivity contribution is 7.89. The molecule has 0 N–H and O–H groups in total. The molecule has 1 aromatic heterocycles. The summed E-state index contributed by atoms with van der Waals surface area (Å²) in [6, 6.07) is 12.6. The Hall–Kier alpha value is -2.13. The van der Waals surface area contributed by atoms with E-state index in [1.165, 1.54) is 9.87 Å². The second-order valence-electron chi connectivity index (χ2n) is 8.37. The minimum absolute atomic E-state index is 0.111. The molecule has 2 aliphatic heterocycles. The highest BCUT2D eigenvalue weighted by atomic mass is 32.2. The third-order valence-electron chi connectivity index (χ3n) is 6.29. The molecule has 166 valence electrons. The van der Waals surface area contributed by atoms with Crippen LogP contribution in [0.4, 0.5) is 0 Å². The average molecular weight is 443 g/mol. The van der Waals surface area contributed by atoms with Gasteiger partial charge in [0.05, 0.1) is 11.4 Å². The maximum Gasteiger partial charge on any atom is 0.243 e. The van der Waals surface area contributed by atoms with E-state index in [0.29, 0.717) is 43.4 Å². The smallest absolute Gasteiger partial charge is 0.243 e. The first-order valence-electron chi connectivity index (χ1n) is 10.9. The minimum Gasteiger partial charge on any atom is -0.299 e. The zero-order valence-corrected chi connectivity index (χ0v) is 18.6. The van der Waals surface area contributed by atoms with Crippen LogP contribution >= 0.6 is 0 Å². The van der Waals surface area contributed by atoms with Crippen molar-refractivity contribution < 1.29 is 13.2 Å². The van der Waals surface area contributed by atoms with E-state index < -0.39 is 10.0 Å². The van der Waals surface area contributed by atoms with Gasteiger partial charge in [-0.15, -0.1) is 0 Å². The molecule has 7 nitrogen and oxygen atoms in total. The number of hydrogen-bond acceptors (Lipinski definition) is 6. The predicted octanol–water partition coefficient (Wildman–Crippen LogP) is 1.87. The van der Waals surface area contributed by atoms with Gasteiger partial charge in [-0.05, 0) is 55.8 Å². The van der Waals surface area contributed by atoms with Crippen molar-refractivity contribution in [3.63, 3.8) is 0 Å². The molecule has 3 heterocycles. The third-order valence-corrected chi connectivity index (χ3v) is 8.20. The molecular weight excluding hydrogens is 412 g/mol. The van der Waals surface area contributed by atoms with Gasteiger partial charge in [0.25, 0.3) is 0 Å². The lowest BCUT2D eigenvalue weighted by atomic mass is 9.92. The molecule has 8 heteroatoms. The first-order chi connectivity index (χ1) is 15.0. The molecule has 4 rings (SSSR count). The van der Waals surface area contributed by atoms with E-state index in [-0.39, 0.29) is 5.92 Å². The van der Waals surface area contributed by atoms with Crippen LogP contribution in [0.5, 0.6) is 0 Å². The van der Waals surface area contributed by atoms with Crippen LogP contribution < -0.4 is 0 Å². The maximum atomic E-state index is 12.8. The van der Waals surface area contributed by atoms with Crippen LogP contribution in [0.15, 0.2) is 59.8 Å². The first-order valence-corrected chi connectivity index (χ1v) is 12.4. The molecule has 0 amide bonds. The monoisotopic (exact) mass is 442 g/mol. The number of carbonyl (C=O) groups is 1. The van der Waals surface area contributed by atoms with Crippen molar-refractivity contribution in [1.82, 2.24) is 19.1 Å². The average Bonchev–Trinajstić information content (AvgIpc) is 2.81. The molecule has 31 heavy (non-hydrogen) atoms. The normalized spacial score (nSPS) is 20.0. The molecule has 0 radical (unpaired) electrons. The van der Waals surface area contributed by atoms with Crippen molar-refractivity contribution in [2.24, 2.45) is 5.92 Å². The molecule has 2 aromatic rings. The highest BCUT2D eigenvalue weighted by Crippen LogP contribution is 2.21. The largest absolute Gasteiger partial charge is 0.299 e. The predicted molar refractivity (Wildman–Crippen MR) is 119 cm³/mol. The summed E-state index contributed by atoms with van der Waals surface area (Å²) in [7, 11) is -3.45. The van der Waals surface area contributed by atoms with E-state index in [4.69, 9.17) is 0 Å². The summed E-state index contributed by atoms with van der Waals surface area (Å²) in [6.07, 6.45) is 5.42. The van der Waals surface area contributed by atoms with Crippen molar-refractivity contribution in [3.05, 3.63) is 60.4 Å². The maximum absolute atomic E-state index is 12.8. The summed E-state index contributed by atoms with van der Waals surface area (Å²) in [5.41, 5.74) is 1.25. The minimum atomic E-state index is -3.45. The summed E-state index contributed by atoms with van der Waals surface area (Å²) >= 11 is 0. The third kappa shape index (κ3) is 5.57. The number of piperidine rings is 1. The van der Waals surface area contributed by atoms with E-state index in [2.05, 4.69) is 14.8 Å². The second kappa shape index (κ2) is 9.99. The van der Waals surface area contributed by atoms with Gasteiger partial charge in [0.15, 0.2) is 0 Å². The molecule has 2 aliphatic rings. The van der Waals surface area contributed by atoms with Gasteiger partial charge in [-0.25, -0.2) is 8.42 Å². The van der Waals surface area contributed by atoms with Gasteiger partial charge in [0, 0.05) is 51.0 Å². The number of sulfonamides is 1. The Morgan fingerprint density at radius 2 is 1.52 bits per heavy atom. The van der Waals surface area contributed by atoms with Crippen LogP contribution in [0.3, 0.4) is 0 Å². The lowest BCUT2D eigenvalue weighted by Gasteiger charge is -2.35. The van der Waals surface area contributed by atoms with E-state index in [1.54, 1.807) is 24.3 Å². The van der Waals surface area contributed by atoms with E-state index in [9.17, 15) is 13.2 Å². The second-order valence-corrected chi connectivity index (χ2v) is 10.3. The summed E-state index contributed by atoms with van der Waals surface area (Å²) in [6.45, 7) is 5.24. The van der Waals surface area contributed by atoms with E-state index in [0.717, 1.165) is 32.5 Å². The van der Waals surface area contributed by atoms with Crippen LogP contribution in [0.1, 0.15) is 18.4 Å². The number of aromatic nitrogens is 1. The van der Waals surface area contributed by atoms with Crippen LogP contribution in [-0.4, -0.2) is 79.1 Å². The summed E-state index contributed by atoms with van der Waals surface area (Å²) in [5, 5.41) is 0. The molecule has 1 aromatic carbocycles. The highest BCUT2D eigenvalue weighted by Gasteiger charge is 2.31. The SMILES string of the molecule is O=C(CN1CCN(S(=O)(=O)c2ccccc2)CC1)C1CCN(Cc2ccncc2)CC1. The Morgan fingerprint density at radius 3 is 2.16 bits per heavy atom. The molecule has 2 fully saturated rings. The molecular formula is C23H30N4O3S. The zero-order chi connectivity index (χ0) is 21.7. The standard InChI is InChI=1S/C23H30N4O3S/c28-23(21-8-12-25(13-9-21)18-20-6-10-24-11-7-20)19-26-14-16-27(17-15-26)31(29,30)22-4-2-1-3-5-22/h1-7,10-11,21H,8-9,12-19H2. The van der Waals surface area contributed by atoms with Crippen LogP contribution in [-0.2, 0) is 21.4 Å². The van der Waals surface area contributed by atoms with Crippen molar-refractivity contribution in [2.45, 2.75) is 24.3 Å². The van der Waals surface area contributed by atoms with Crippen molar-refractivity contribution >= 4 is 15.8 Å². The number of rotatable bonds is 7. The topological polar surface area (TPSA) is 73.8 Å². The lowest BCUT2D eigenvalue weighted by molar-refractivity contribution is -0.125. The Kier molecular flexibility index (Phi) is 7.12. The number of piperazine rings is 1. The quantitative estimate of drug-likeness (QED) is 0.652. The molecule has 0 atom stereocenters. The van der Waals surface area contributed by atoms with Gasteiger partial charge in [-0.2, -0.15) is 4.31 Å². The van der Waals surface area contributed by atoms with Crippen LogP contribution in [0, 0.1) is 5.92 Å². The lowest BCUT2D eigenvalue weighted by Crippen LogP contribution is -2.50. The number of carbonyl (C=O) groups excluding carboxylic acids is 1. The van der Waals surface area contributed by atoms with E-state index >= 15 is 0 Å². The van der Waals surface area contributed by atoms with Gasteiger partial charge in [0.1, 0.15) is 5.78 Å². The van der Waals surface area contributed by atoms with Crippen molar-refractivity contribution in [2.75, 3.05) is 45.8 Å². The Bertz CT molecular complexity index is 953. The number of hydrogen-bond donors (Lipinski definition) is 0. The van der Waals surface area contributed by atoms with Crippen LogP contribution in [0.25, 0.3) is 0 Å². The number of pyridine rings is 1. The fourth-order valence-corrected chi connectivity index (χ4v) is 5.82. The number of ketones is 1. The van der Waals surface area contributed by atoms with E-state index in [1.807, 2.05) is 30.6 Å². The Morgan fingerprint density at radius 1 is 0.871 bits per heavy atom. The molecule has 0 spiro atoms. The number of nitrogens with zero attached hydrogens (tertiary/aromatic N) is 4. The summed E-state index contributed by atoms with van der Waals surface area (Å²) < 4.78 is 27.0. The first kappa shape index (κ1) is 22.1. The van der Waals surface area contributed by atoms with Gasteiger partial charge < -0.3 is 0 Å². The number of likely N-dealkylation sites (tertiary alicyclic amines) is 1. The molecule has 2 saturated heterocycles. The van der Waals surface area contributed by atoms with Crippen LogP contribution in [0.2, 0.25) is 0 Å². The van der Waals surface area contributed by atoms with Gasteiger partial charge in [0.2, 0.25) is 10.0 Å². The fourth-order valence-electron chi connectivity index (χ4n) is 4.38. The fraction of sp³-hybridized carbons (Fsp3) is 0.478. The molecule has 0 saturated carbocycles. The zero-order valence-electron chi connectivity index (χ0n) is 17.8. The number of Topliss-reactive ketones (excluding diaryl/α,β-unsaturated/α-hetero) is 1. The van der Waals surface area contributed by atoms with Gasteiger partial charge in [-0.3, -0.25) is 19.6 Å². The number of benzene rings is 1. The molecule has 0 aliphatic carbocycles. The summed E-state index contributed by atoms with van der Waals surface area (Å²) in [5.74, 6) is 0.405.